The fraction of sp³-hybridized carbons (Fsp3) is 0.625. The van der Waals surface area contributed by atoms with Crippen molar-refractivity contribution >= 4 is 44.6 Å². The van der Waals surface area contributed by atoms with Crippen LogP contribution in [-0.2, 0) is 29.1 Å². The number of hydrogen-bond donors (Lipinski definition) is 3. The molecule has 3 N–H and O–H groups in total. The number of alkyl carbamates (subject to hydrolysis) is 1. The molecule has 2 saturated carbocycles. The van der Waals surface area contributed by atoms with Crippen LogP contribution in [0.3, 0.4) is 0 Å². The van der Waals surface area contributed by atoms with Gasteiger partial charge in [-0.05, 0) is 100 Å². The largest absolute Gasteiger partial charge is 0.494 e. The number of fused-ring (bicyclic) bond motifs is 3. The first-order valence-corrected chi connectivity index (χ1v) is 21.4. The van der Waals surface area contributed by atoms with Crippen molar-refractivity contribution in [3.05, 3.63) is 42.6 Å². The molecule has 0 unspecified atom stereocenters. The Morgan fingerprint density at radius 2 is 1.83 bits per heavy atom. The van der Waals surface area contributed by atoms with Crippen LogP contribution in [0.5, 0.6) is 11.6 Å². The van der Waals surface area contributed by atoms with Gasteiger partial charge in [-0.2, -0.15) is 13.2 Å². The van der Waals surface area contributed by atoms with Gasteiger partial charge in [-0.25, -0.2) is 18.2 Å². The third-order valence-electron chi connectivity index (χ3n) is 11.4. The van der Waals surface area contributed by atoms with E-state index < -0.39 is 86.4 Å². The molecule has 0 radical (unpaired) electrons. The fourth-order valence-electron chi connectivity index (χ4n) is 7.63. The maximum absolute atomic E-state index is 14.7. The first-order chi connectivity index (χ1) is 27.2. The van der Waals surface area contributed by atoms with Crippen LogP contribution in [0.25, 0.3) is 10.8 Å². The minimum absolute atomic E-state index is 0.0315. The van der Waals surface area contributed by atoms with Gasteiger partial charge in [0.15, 0.2) is 0 Å². The van der Waals surface area contributed by atoms with E-state index in [4.69, 9.17) is 14.2 Å². The van der Waals surface area contributed by atoms with Crippen LogP contribution in [0.4, 0.5) is 18.0 Å². The van der Waals surface area contributed by atoms with E-state index in [1.807, 2.05) is 26.0 Å². The average Bonchev–Trinajstić information content (AvgIpc) is 4.07. The van der Waals surface area contributed by atoms with Crippen molar-refractivity contribution in [1.82, 2.24) is 25.2 Å². The second-order valence-corrected chi connectivity index (χ2v) is 18.6. The molecule has 58 heavy (non-hydrogen) atoms. The van der Waals surface area contributed by atoms with Gasteiger partial charge in [0.25, 0.3) is 5.91 Å². The molecule has 4 aliphatic rings. The topological polar surface area (TPSA) is 182 Å². The molecule has 7 atom stereocenters. The number of carbonyl (C=O) groups excluding carboxylic acids is 4. The number of sulfonamides is 1. The predicted octanol–water partition coefficient (Wildman–Crippen LogP) is 5.30. The third kappa shape index (κ3) is 9.47. The Balaban J connectivity index is 1.34. The van der Waals surface area contributed by atoms with Crippen molar-refractivity contribution in [1.29, 1.82) is 0 Å². The van der Waals surface area contributed by atoms with Crippen LogP contribution < -0.4 is 24.8 Å². The van der Waals surface area contributed by atoms with Gasteiger partial charge in [-0.1, -0.05) is 32.9 Å². The zero-order valence-electron chi connectivity index (χ0n) is 33.3. The summed E-state index contributed by atoms with van der Waals surface area (Å²) < 4.78 is 86.1. The smallest absolute Gasteiger partial charge is 0.427 e. The molecule has 0 spiro atoms. The van der Waals surface area contributed by atoms with Gasteiger partial charge in [0.05, 0.1) is 18.4 Å². The van der Waals surface area contributed by atoms with Crippen LogP contribution in [0.2, 0.25) is 0 Å². The Morgan fingerprint density at radius 1 is 1.09 bits per heavy atom. The number of alkyl halides is 3. The number of nitrogens with zero attached hydrogens (tertiary/aromatic N) is 2. The van der Waals surface area contributed by atoms with Crippen molar-refractivity contribution in [3.8, 4) is 11.6 Å². The number of allylic oxidation sites excluding steroid dienone is 1. The van der Waals surface area contributed by atoms with Gasteiger partial charge in [-0.3, -0.25) is 19.1 Å². The Morgan fingerprint density at radius 3 is 2.52 bits per heavy atom. The summed E-state index contributed by atoms with van der Waals surface area (Å²) in [5.74, 6) is -2.76. The SMILES string of the molecule is CCCOc1ccc2c(O[C@@H]3C[C@H]4C(=O)N[C@]5(C(=O)NS(=O)(=O)C6CC6)C[C@H]5/C=C\CC[C@H](C)C[C@@H](C)[C@H](NC(=O)OC(C)(C)C(F)(F)F)C(=O)N4C3)nccc2c1. The number of ether oxygens (including phenoxy) is 3. The molecule has 1 aromatic carbocycles. The number of hydrogen-bond acceptors (Lipinski definition) is 10. The van der Waals surface area contributed by atoms with E-state index in [1.165, 1.54) is 4.90 Å². The molecule has 3 heterocycles. The molecule has 18 heteroatoms. The molecule has 1 aromatic heterocycles. The predicted molar refractivity (Wildman–Crippen MR) is 206 cm³/mol. The van der Waals surface area contributed by atoms with Crippen LogP contribution in [0.15, 0.2) is 42.6 Å². The molecule has 3 fully saturated rings. The van der Waals surface area contributed by atoms with E-state index in [2.05, 4.69) is 20.3 Å². The zero-order valence-corrected chi connectivity index (χ0v) is 34.1. The first kappa shape index (κ1) is 43.0. The summed E-state index contributed by atoms with van der Waals surface area (Å²) >= 11 is 0. The Bertz CT molecular complexity index is 2040. The van der Waals surface area contributed by atoms with Gasteiger partial charge in [0, 0.05) is 23.9 Å². The van der Waals surface area contributed by atoms with Gasteiger partial charge in [0.1, 0.15) is 29.5 Å². The quantitative estimate of drug-likeness (QED) is 0.266. The minimum Gasteiger partial charge on any atom is -0.494 e. The van der Waals surface area contributed by atoms with Crippen LogP contribution >= 0.6 is 0 Å². The Labute approximate surface area is 336 Å². The number of pyridine rings is 1. The van der Waals surface area contributed by atoms with Crippen molar-refractivity contribution in [3.63, 3.8) is 0 Å². The van der Waals surface area contributed by atoms with E-state index in [-0.39, 0.29) is 31.2 Å². The van der Waals surface area contributed by atoms with Crippen LogP contribution in [0.1, 0.15) is 86.0 Å². The summed E-state index contributed by atoms with van der Waals surface area (Å²) in [4.78, 5) is 61.7. The molecule has 4 amide bonds. The summed E-state index contributed by atoms with van der Waals surface area (Å²) in [6, 6.07) is 4.43. The van der Waals surface area contributed by atoms with Crippen molar-refractivity contribution < 1.29 is 55.0 Å². The summed E-state index contributed by atoms with van der Waals surface area (Å²) in [5, 5.41) is 5.87. The van der Waals surface area contributed by atoms with Crippen molar-refractivity contribution in [2.75, 3.05) is 13.2 Å². The number of nitrogens with one attached hydrogen (secondary N) is 3. The lowest BCUT2D eigenvalue weighted by Crippen LogP contribution is -2.59. The van der Waals surface area contributed by atoms with E-state index in [1.54, 1.807) is 37.4 Å². The highest BCUT2D eigenvalue weighted by Crippen LogP contribution is 2.46. The van der Waals surface area contributed by atoms with Gasteiger partial charge in [0.2, 0.25) is 33.3 Å². The maximum atomic E-state index is 14.7. The molecule has 1 saturated heterocycles. The maximum Gasteiger partial charge on any atom is 0.427 e. The fourth-order valence-corrected chi connectivity index (χ4v) is 9.00. The second kappa shape index (κ2) is 16.6. The number of benzene rings is 1. The molecule has 318 valence electrons. The highest BCUT2D eigenvalue weighted by Gasteiger charge is 2.62. The Kier molecular flexibility index (Phi) is 12.3. The molecular weight excluding hydrogens is 784 g/mol. The van der Waals surface area contributed by atoms with E-state index in [9.17, 15) is 40.8 Å². The third-order valence-corrected chi connectivity index (χ3v) is 13.2. The van der Waals surface area contributed by atoms with Crippen LogP contribution in [-0.4, -0.2) is 96.0 Å². The monoisotopic (exact) mass is 835 g/mol. The van der Waals surface area contributed by atoms with E-state index in [0.717, 1.165) is 11.8 Å². The normalized spacial score (nSPS) is 28.9. The molecule has 6 rings (SSSR count). The number of amides is 4. The molecule has 14 nitrogen and oxygen atoms in total. The molecular formula is C40H52F3N5O9S. The summed E-state index contributed by atoms with van der Waals surface area (Å²) in [5.41, 5.74) is -4.50. The average molecular weight is 836 g/mol. The Hall–Kier alpha value is -4.61. The molecule has 2 aliphatic heterocycles. The minimum atomic E-state index is -4.91. The zero-order chi connectivity index (χ0) is 42.2. The lowest BCUT2D eigenvalue weighted by Gasteiger charge is -2.34. The highest BCUT2D eigenvalue weighted by molar-refractivity contribution is 7.91. The van der Waals surface area contributed by atoms with Crippen molar-refractivity contribution in [2.24, 2.45) is 17.8 Å². The molecule has 0 bridgehead atoms. The molecule has 2 aliphatic carbocycles. The lowest BCUT2D eigenvalue weighted by molar-refractivity contribution is -0.244. The summed E-state index contributed by atoms with van der Waals surface area (Å²) in [6.07, 6.45) is 1.16. The van der Waals surface area contributed by atoms with Gasteiger partial charge >= 0.3 is 12.3 Å². The summed E-state index contributed by atoms with van der Waals surface area (Å²) in [7, 11) is -3.98. The standard InChI is InChI=1S/C40H52F3N5O9S/c1-6-17-55-27-11-14-30-25(19-27)15-16-44-34(30)56-28-20-31-33(49)46-39(36(51)47-58(53,54)29-12-13-29)21-26(39)10-8-7-9-23(2)18-24(3)32(35(50)48(31)22-28)45-37(52)57-38(4,5)40(41,42)43/h8,10-11,14-16,19,23-24,26,28-29,31-32H,6-7,9,12-13,17-18,20-22H2,1-5H3,(H,45,52)(H,46,49)(H,47,51)/b10-8-/t23-,24+,26+,28+,31-,32-,39+/m0/s1. The number of rotatable bonds is 10. The van der Waals surface area contributed by atoms with Crippen molar-refractivity contribution in [2.45, 2.75) is 127 Å². The number of halogens is 3. The van der Waals surface area contributed by atoms with Gasteiger partial charge in [-0.15, -0.1) is 0 Å². The summed E-state index contributed by atoms with van der Waals surface area (Å²) in [6.45, 7) is 7.34. The first-order valence-electron chi connectivity index (χ1n) is 19.8. The van der Waals surface area contributed by atoms with Crippen LogP contribution in [0, 0.1) is 17.8 Å². The van der Waals surface area contributed by atoms with E-state index >= 15 is 0 Å². The molecule has 2 aromatic rings. The number of carbonyl (C=O) groups is 4. The second-order valence-electron chi connectivity index (χ2n) is 16.6. The van der Waals surface area contributed by atoms with E-state index in [0.29, 0.717) is 63.7 Å². The van der Waals surface area contributed by atoms with Gasteiger partial charge < -0.3 is 29.7 Å². The number of aromatic nitrogens is 1. The highest BCUT2D eigenvalue weighted by atomic mass is 32.2. The lowest BCUT2D eigenvalue weighted by atomic mass is 9.88.